The van der Waals surface area contributed by atoms with Crippen molar-refractivity contribution in [2.75, 3.05) is 13.1 Å². The Balaban J connectivity index is 1.63. The Morgan fingerprint density at radius 2 is 2.00 bits per heavy atom. The molecule has 6 nitrogen and oxygen atoms in total. The van der Waals surface area contributed by atoms with Crippen molar-refractivity contribution in [3.63, 3.8) is 0 Å². The van der Waals surface area contributed by atoms with Crippen molar-refractivity contribution in [1.82, 2.24) is 8.87 Å². The number of aryl methyl sites for hydroxylation is 2. The van der Waals surface area contributed by atoms with E-state index < -0.39 is 15.9 Å². The Morgan fingerprint density at radius 1 is 1.24 bits per heavy atom. The summed E-state index contributed by atoms with van der Waals surface area (Å²) in [6, 6.07) is 13.1. The molecule has 174 valence electrons. The normalized spacial score (nSPS) is 18.0. The van der Waals surface area contributed by atoms with Gasteiger partial charge in [0.1, 0.15) is 0 Å². The monoisotopic (exact) mass is 483 g/mol. The van der Waals surface area contributed by atoms with Crippen LogP contribution in [-0.2, 0) is 27.8 Å². The Kier molecular flexibility index (Phi) is 6.97. The third kappa shape index (κ3) is 4.88. The third-order valence-electron chi connectivity index (χ3n) is 6.07. The molecule has 1 aromatic heterocycles. The number of hydrogen-bond acceptors (Lipinski definition) is 4. The average molecular weight is 484 g/mol. The number of carbonyl (C=O) groups is 1. The second-order valence-electron chi connectivity index (χ2n) is 8.40. The van der Waals surface area contributed by atoms with E-state index in [9.17, 15) is 13.2 Å². The first kappa shape index (κ1) is 23.6. The van der Waals surface area contributed by atoms with E-state index in [1.165, 1.54) is 21.2 Å². The lowest BCUT2D eigenvalue weighted by Crippen LogP contribution is -2.42. The van der Waals surface area contributed by atoms with Crippen LogP contribution in [0.4, 0.5) is 0 Å². The number of hydrogen-bond donors (Lipinski definition) is 0. The predicted molar refractivity (Wildman–Crippen MR) is 133 cm³/mol. The molecule has 1 atom stereocenters. The number of rotatable bonds is 6. The fraction of sp³-hybridized carbons (Fsp3) is 0.360. The van der Waals surface area contributed by atoms with Gasteiger partial charge in [-0.2, -0.15) is 9.30 Å². The molecule has 1 unspecified atom stereocenters. The van der Waals surface area contributed by atoms with E-state index in [2.05, 4.69) is 36.7 Å². The van der Waals surface area contributed by atoms with Crippen LogP contribution in [0, 0.1) is 12.8 Å². The topological polar surface area (TPSA) is 71.7 Å². The Bertz CT molecular complexity index is 1350. The van der Waals surface area contributed by atoms with Gasteiger partial charge in [0.15, 0.2) is 4.80 Å². The Morgan fingerprint density at radius 3 is 2.70 bits per heavy atom. The molecule has 8 heteroatoms. The molecule has 1 amide bonds. The molecule has 1 saturated heterocycles. The van der Waals surface area contributed by atoms with Gasteiger partial charge in [0.05, 0.1) is 21.0 Å². The molecule has 1 fully saturated rings. The van der Waals surface area contributed by atoms with E-state index in [0.717, 1.165) is 22.2 Å². The van der Waals surface area contributed by atoms with Crippen LogP contribution in [0.25, 0.3) is 10.2 Å². The van der Waals surface area contributed by atoms with Gasteiger partial charge in [-0.1, -0.05) is 48.1 Å². The minimum atomic E-state index is -3.64. The second-order valence-corrected chi connectivity index (χ2v) is 11.4. The molecular formula is C25H29N3O3S2. The molecule has 1 aliphatic heterocycles. The minimum Gasteiger partial charge on any atom is -0.313 e. The van der Waals surface area contributed by atoms with Gasteiger partial charge in [-0.25, -0.2) is 8.42 Å². The first-order valence-corrected chi connectivity index (χ1v) is 13.5. The maximum atomic E-state index is 13.2. The summed E-state index contributed by atoms with van der Waals surface area (Å²) in [6.07, 6.45) is 4.00. The van der Waals surface area contributed by atoms with Crippen LogP contribution in [0.5, 0.6) is 0 Å². The molecule has 3 aromatic rings. The summed E-state index contributed by atoms with van der Waals surface area (Å²) < 4.78 is 30.7. The van der Waals surface area contributed by atoms with Crippen molar-refractivity contribution in [2.24, 2.45) is 10.9 Å². The lowest BCUT2D eigenvalue weighted by molar-refractivity contribution is -0.122. The van der Waals surface area contributed by atoms with Crippen molar-refractivity contribution in [3.8, 4) is 0 Å². The summed E-state index contributed by atoms with van der Waals surface area (Å²) in [5.74, 6) is -0.716. The molecule has 0 radical (unpaired) electrons. The summed E-state index contributed by atoms with van der Waals surface area (Å²) in [7, 11) is -3.64. The molecule has 2 heterocycles. The SMILES string of the molecule is C=CCn1c(=NC(=O)C2CCCN(S(=O)(=O)c3ccc(C)cc3)C2)sc2cc(CC)ccc21. The van der Waals surface area contributed by atoms with Gasteiger partial charge in [-0.15, -0.1) is 6.58 Å². The molecule has 0 N–H and O–H groups in total. The maximum Gasteiger partial charge on any atom is 0.252 e. The Hall–Kier alpha value is -2.55. The fourth-order valence-electron chi connectivity index (χ4n) is 4.14. The fourth-order valence-corrected chi connectivity index (χ4v) is 6.77. The summed E-state index contributed by atoms with van der Waals surface area (Å²) >= 11 is 1.49. The van der Waals surface area contributed by atoms with Crippen LogP contribution in [0.3, 0.4) is 0 Å². The smallest absolute Gasteiger partial charge is 0.252 e. The average Bonchev–Trinajstić information content (AvgIpc) is 3.15. The third-order valence-corrected chi connectivity index (χ3v) is 8.99. The number of allylic oxidation sites excluding steroid dienone is 1. The molecule has 0 bridgehead atoms. The highest BCUT2D eigenvalue weighted by molar-refractivity contribution is 7.89. The van der Waals surface area contributed by atoms with Gasteiger partial charge >= 0.3 is 0 Å². The van der Waals surface area contributed by atoms with Crippen molar-refractivity contribution in [1.29, 1.82) is 0 Å². The second kappa shape index (κ2) is 9.75. The van der Waals surface area contributed by atoms with Gasteiger partial charge in [0, 0.05) is 19.6 Å². The van der Waals surface area contributed by atoms with Gasteiger partial charge in [-0.3, -0.25) is 4.79 Å². The van der Waals surface area contributed by atoms with Crippen LogP contribution < -0.4 is 4.80 Å². The number of benzene rings is 2. The highest BCUT2D eigenvalue weighted by Gasteiger charge is 2.33. The largest absolute Gasteiger partial charge is 0.313 e. The molecule has 0 aliphatic carbocycles. The van der Waals surface area contributed by atoms with Gasteiger partial charge in [0.25, 0.3) is 5.91 Å². The molecule has 1 aliphatic rings. The van der Waals surface area contributed by atoms with E-state index in [-0.39, 0.29) is 17.3 Å². The number of amides is 1. The van der Waals surface area contributed by atoms with E-state index in [0.29, 0.717) is 30.7 Å². The van der Waals surface area contributed by atoms with Crippen LogP contribution in [0.15, 0.2) is 65.0 Å². The zero-order chi connectivity index (χ0) is 23.6. The first-order valence-electron chi connectivity index (χ1n) is 11.2. The minimum absolute atomic E-state index is 0.158. The van der Waals surface area contributed by atoms with Crippen LogP contribution in [-0.4, -0.2) is 36.3 Å². The van der Waals surface area contributed by atoms with Crippen LogP contribution in [0.1, 0.15) is 30.9 Å². The number of aromatic nitrogens is 1. The highest BCUT2D eigenvalue weighted by Crippen LogP contribution is 2.25. The van der Waals surface area contributed by atoms with Crippen LogP contribution in [0.2, 0.25) is 0 Å². The van der Waals surface area contributed by atoms with Crippen LogP contribution >= 0.6 is 11.3 Å². The van der Waals surface area contributed by atoms with Crippen molar-refractivity contribution in [3.05, 3.63) is 71.0 Å². The van der Waals surface area contributed by atoms with E-state index in [1.54, 1.807) is 30.3 Å². The number of sulfonamides is 1. The van der Waals surface area contributed by atoms with E-state index in [4.69, 9.17) is 0 Å². The highest BCUT2D eigenvalue weighted by atomic mass is 32.2. The summed E-state index contributed by atoms with van der Waals surface area (Å²) in [6.45, 7) is 9.00. The molecule has 33 heavy (non-hydrogen) atoms. The molecular weight excluding hydrogens is 454 g/mol. The number of piperidine rings is 1. The Labute approximate surface area is 199 Å². The number of thiazole rings is 1. The van der Waals surface area contributed by atoms with Gasteiger partial charge < -0.3 is 4.57 Å². The zero-order valence-corrected chi connectivity index (χ0v) is 20.7. The van der Waals surface area contributed by atoms with E-state index >= 15 is 0 Å². The standard InChI is InChI=1S/C25H29N3O3S2/c1-4-14-28-22-13-10-19(5-2)16-23(22)32-25(28)26-24(29)20-7-6-15-27(17-20)33(30,31)21-11-8-18(3)9-12-21/h4,8-13,16,20H,1,5-7,14-15,17H2,2-3H3. The molecule has 0 saturated carbocycles. The number of carbonyl (C=O) groups excluding carboxylic acids is 1. The lowest BCUT2D eigenvalue weighted by Gasteiger charge is -2.30. The van der Waals surface area contributed by atoms with Gasteiger partial charge in [-0.05, 0) is 56.0 Å². The first-order chi connectivity index (χ1) is 15.8. The summed E-state index contributed by atoms with van der Waals surface area (Å²) in [5, 5.41) is 0. The van der Waals surface area contributed by atoms with E-state index in [1.807, 2.05) is 11.5 Å². The predicted octanol–water partition coefficient (Wildman–Crippen LogP) is 4.29. The van der Waals surface area contributed by atoms with Crippen molar-refractivity contribution < 1.29 is 13.2 Å². The zero-order valence-electron chi connectivity index (χ0n) is 19.0. The lowest BCUT2D eigenvalue weighted by atomic mass is 9.99. The number of nitrogens with zero attached hydrogens (tertiary/aromatic N) is 3. The number of fused-ring (bicyclic) bond motifs is 1. The molecule has 2 aromatic carbocycles. The summed E-state index contributed by atoms with van der Waals surface area (Å²) in [4.78, 5) is 18.5. The van der Waals surface area contributed by atoms with Crippen molar-refractivity contribution >= 4 is 37.5 Å². The van der Waals surface area contributed by atoms with Gasteiger partial charge in [0.2, 0.25) is 10.0 Å². The molecule has 4 rings (SSSR count). The summed E-state index contributed by atoms with van der Waals surface area (Å²) in [5.41, 5.74) is 3.26. The van der Waals surface area contributed by atoms with Crippen molar-refractivity contribution in [2.45, 2.75) is 44.6 Å². The molecule has 0 spiro atoms. The maximum absolute atomic E-state index is 13.2. The quantitative estimate of drug-likeness (QED) is 0.491.